The average molecular weight is 298 g/mol. The second-order valence-corrected chi connectivity index (χ2v) is 6.72. The van der Waals surface area contributed by atoms with Crippen LogP contribution >= 0.6 is 0 Å². The number of benzene rings is 1. The van der Waals surface area contributed by atoms with Gasteiger partial charge in [0, 0.05) is 6.04 Å². The Morgan fingerprint density at radius 1 is 1.15 bits per heavy atom. The molecule has 1 rings (SSSR count). The zero-order chi connectivity index (χ0) is 15.0. The fourth-order valence-electron chi connectivity index (χ4n) is 2.15. The zero-order valence-electron chi connectivity index (χ0n) is 12.7. The molecule has 0 heterocycles. The van der Waals surface area contributed by atoms with E-state index in [4.69, 9.17) is 0 Å². The molecule has 0 aliphatic rings. The Morgan fingerprint density at radius 3 is 2.30 bits per heavy atom. The van der Waals surface area contributed by atoms with Crippen molar-refractivity contribution in [3.63, 3.8) is 0 Å². The van der Waals surface area contributed by atoms with Gasteiger partial charge in [-0.3, -0.25) is 0 Å². The monoisotopic (exact) mass is 298 g/mol. The van der Waals surface area contributed by atoms with E-state index in [1.807, 2.05) is 13.0 Å². The number of hydrogen-bond acceptors (Lipinski definition) is 3. The fraction of sp³-hybridized carbons (Fsp3) is 0.600. The first-order valence-electron chi connectivity index (χ1n) is 7.29. The topological polar surface area (TPSA) is 49.4 Å². The van der Waals surface area contributed by atoms with Crippen molar-refractivity contribution in [2.45, 2.75) is 44.6 Å². The molecule has 0 radical (unpaired) electrons. The fourth-order valence-corrected chi connectivity index (χ4v) is 3.45. The molecule has 1 unspecified atom stereocenters. The van der Waals surface area contributed by atoms with Crippen LogP contribution in [-0.2, 0) is 10.0 Å². The second kappa shape index (κ2) is 8.39. The normalized spacial score (nSPS) is 13.6. The van der Waals surface area contributed by atoms with Crippen LogP contribution in [-0.4, -0.2) is 39.0 Å². The summed E-state index contributed by atoms with van der Waals surface area (Å²) in [5.41, 5.74) is 0. The Bertz CT molecular complexity index is 470. The summed E-state index contributed by atoms with van der Waals surface area (Å²) in [5, 5.41) is 0. The molecule has 0 aliphatic carbocycles. The highest BCUT2D eigenvalue weighted by atomic mass is 32.2. The number of nitrogens with one attached hydrogen (secondary N) is 1. The van der Waals surface area contributed by atoms with E-state index < -0.39 is 10.0 Å². The highest BCUT2D eigenvalue weighted by molar-refractivity contribution is 7.89. The Hall–Kier alpha value is -0.910. The summed E-state index contributed by atoms with van der Waals surface area (Å²) in [7, 11) is -3.38. The molecule has 1 aromatic carbocycles. The van der Waals surface area contributed by atoms with E-state index >= 15 is 0 Å². The molecule has 4 nitrogen and oxygen atoms in total. The highest BCUT2D eigenvalue weighted by Crippen LogP contribution is 2.09. The Kier molecular flexibility index (Phi) is 7.19. The molecule has 0 fully saturated rings. The zero-order valence-corrected chi connectivity index (χ0v) is 13.5. The van der Waals surface area contributed by atoms with Gasteiger partial charge in [0.2, 0.25) is 10.0 Å². The molecule has 1 atom stereocenters. The lowest BCUT2D eigenvalue weighted by Gasteiger charge is -2.19. The molecule has 0 bridgehead atoms. The molecule has 0 saturated heterocycles. The Morgan fingerprint density at radius 2 is 1.75 bits per heavy atom. The quantitative estimate of drug-likeness (QED) is 0.762. The Labute approximate surface area is 123 Å². The SMILES string of the molecule is CCN(CC)CCCC(C)NS(=O)(=O)c1ccccc1. The molecule has 0 aliphatic heterocycles. The van der Waals surface area contributed by atoms with Gasteiger partial charge in [0.05, 0.1) is 4.90 Å². The van der Waals surface area contributed by atoms with Crippen molar-refractivity contribution < 1.29 is 8.42 Å². The Balaban J connectivity index is 2.44. The summed E-state index contributed by atoms with van der Waals surface area (Å²) < 4.78 is 27.0. The van der Waals surface area contributed by atoms with Crippen LogP contribution in [0.2, 0.25) is 0 Å². The van der Waals surface area contributed by atoms with Crippen molar-refractivity contribution in [2.75, 3.05) is 19.6 Å². The summed E-state index contributed by atoms with van der Waals surface area (Å²) in [6.45, 7) is 9.31. The molecule has 0 saturated carbocycles. The second-order valence-electron chi connectivity index (χ2n) is 5.00. The minimum absolute atomic E-state index is 0.0456. The van der Waals surface area contributed by atoms with E-state index in [-0.39, 0.29) is 6.04 Å². The minimum atomic E-state index is -3.38. The van der Waals surface area contributed by atoms with E-state index in [0.29, 0.717) is 4.90 Å². The molecule has 5 heteroatoms. The van der Waals surface area contributed by atoms with Gasteiger partial charge in [0.25, 0.3) is 0 Å². The molecule has 1 N–H and O–H groups in total. The summed E-state index contributed by atoms with van der Waals surface area (Å²) in [5.74, 6) is 0. The van der Waals surface area contributed by atoms with Crippen molar-refractivity contribution in [1.82, 2.24) is 9.62 Å². The predicted octanol–water partition coefficient (Wildman–Crippen LogP) is 2.48. The van der Waals surface area contributed by atoms with E-state index in [2.05, 4.69) is 23.5 Å². The van der Waals surface area contributed by atoms with E-state index in [9.17, 15) is 8.42 Å². The first-order chi connectivity index (χ1) is 9.49. The summed E-state index contributed by atoms with van der Waals surface area (Å²) in [6.07, 6.45) is 1.85. The van der Waals surface area contributed by atoms with E-state index in [1.54, 1.807) is 24.3 Å². The minimum Gasteiger partial charge on any atom is -0.304 e. The van der Waals surface area contributed by atoms with Gasteiger partial charge in [-0.05, 0) is 51.5 Å². The van der Waals surface area contributed by atoms with Crippen LogP contribution in [0.25, 0.3) is 0 Å². The summed E-state index contributed by atoms with van der Waals surface area (Å²) in [4.78, 5) is 2.67. The first-order valence-corrected chi connectivity index (χ1v) is 8.77. The van der Waals surface area contributed by atoms with Gasteiger partial charge in [0.15, 0.2) is 0 Å². The van der Waals surface area contributed by atoms with Crippen LogP contribution < -0.4 is 4.72 Å². The first kappa shape index (κ1) is 17.1. The third-order valence-electron chi connectivity index (χ3n) is 3.42. The van der Waals surface area contributed by atoms with Gasteiger partial charge < -0.3 is 4.90 Å². The molecular formula is C15H26N2O2S. The number of hydrogen-bond donors (Lipinski definition) is 1. The lowest BCUT2D eigenvalue weighted by atomic mass is 10.2. The van der Waals surface area contributed by atoms with E-state index in [0.717, 1.165) is 32.5 Å². The third-order valence-corrected chi connectivity index (χ3v) is 5.02. The maximum atomic E-state index is 12.1. The largest absolute Gasteiger partial charge is 0.304 e. The van der Waals surface area contributed by atoms with Crippen LogP contribution in [0.5, 0.6) is 0 Å². The van der Waals surface area contributed by atoms with Gasteiger partial charge in [0.1, 0.15) is 0 Å². The molecule has 0 amide bonds. The smallest absolute Gasteiger partial charge is 0.240 e. The highest BCUT2D eigenvalue weighted by Gasteiger charge is 2.16. The lowest BCUT2D eigenvalue weighted by Crippen LogP contribution is -2.33. The molecule has 0 spiro atoms. The van der Waals surface area contributed by atoms with Crippen molar-refractivity contribution in [3.8, 4) is 0 Å². The van der Waals surface area contributed by atoms with Gasteiger partial charge >= 0.3 is 0 Å². The van der Waals surface area contributed by atoms with Crippen molar-refractivity contribution in [1.29, 1.82) is 0 Å². The molecule has 1 aromatic rings. The van der Waals surface area contributed by atoms with E-state index in [1.165, 1.54) is 0 Å². The summed E-state index contributed by atoms with van der Waals surface area (Å²) >= 11 is 0. The van der Waals surface area contributed by atoms with Crippen molar-refractivity contribution >= 4 is 10.0 Å². The standard InChI is InChI=1S/C15H26N2O2S/c1-4-17(5-2)13-9-10-14(3)16-20(18,19)15-11-7-6-8-12-15/h6-8,11-12,14,16H,4-5,9-10,13H2,1-3H3. The molecule has 0 aromatic heterocycles. The van der Waals surface area contributed by atoms with Gasteiger partial charge in [-0.15, -0.1) is 0 Å². The number of rotatable bonds is 9. The van der Waals surface area contributed by atoms with Crippen LogP contribution in [0, 0.1) is 0 Å². The van der Waals surface area contributed by atoms with Crippen molar-refractivity contribution in [3.05, 3.63) is 30.3 Å². The van der Waals surface area contributed by atoms with Crippen molar-refractivity contribution in [2.24, 2.45) is 0 Å². The van der Waals surface area contributed by atoms with Gasteiger partial charge in [-0.25, -0.2) is 13.1 Å². The maximum absolute atomic E-state index is 12.1. The van der Waals surface area contributed by atoms with Crippen LogP contribution in [0.1, 0.15) is 33.6 Å². The molecule has 114 valence electrons. The number of nitrogens with zero attached hydrogens (tertiary/aromatic N) is 1. The van der Waals surface area contributed by atoms with Crippen LogP contribution in [0.4, 0.5) is 0 Å². The summed E-state index contributed by atoms with van der Waals surface area (Å²) in [6, 6.07) is 8.47. The van der Waals surface area contributed by atoms with Gasteiger partial charge in [-0.1, -0.05) is 32.0 Å². The predicted molar refractivity (Wildman–Crippen MR) is 83.2 cm³/mol. The molecule has 20 heavy (non-hydrogen) atoms. The average Bonchev–Trinajstić information content (AvgIpc) is 2.44. The molecular weight excluding hydrogens is 272 g/mol. The maximum Gasteiger partial charge on any atom is 0.240 e. The lowest BCUT2D eigenvalue weighted by molar-refractivity contribution is 0.293. The van der Waals surface area contributed by atoms with Crippen LogP contribution in [0.3, 0.4) is 0 Å². The number of sulfonamides is 1. The van der Waals surface area contributed by atoms with Crippen LogP contribution in [0.15, 0.2) is 35.2 Å². The van der Waals surface area contributed by atoms with Gasteiger partial charge in [-0.2, -0.15) is 0 Å². The third kappa shape index (κ3) is 5.61.